The molecule has 2 heterocycles. The highest BCUT2D eigenvalue weighted by Gasteiger charge is 2.21. The Morgan fingerprint density at radius 3 is 2.70 bits per heavy atom. The Bertz CT molecular complexity index is 1220. The number of amides is 1. The molecule has 172 valence electrons. The predicted molar refractivity (Wildman–Crippen MR) is 137 cm³/mol. The van der Waals surface area contributed by atoms with Gasteiger partial charge in [-0.25, -0.2) is 4.98 Å². The molecule has 0 aliphatic carbocycles. The van der Waals surface area contributed by atoms with Gasteiger partial charge in [0.1, 0.15) is 11.3 Å². The Balaban J connectivity index is 1.55. The minimum absolute atomic E-state index is 0.0666. The normalized spacial score (nSPS) is 11.1. The van der Waals surface area contributed by atoms with E-state index >= 15 is 0 Å². The number of para-hydroxylation sites is 1. The molecule has 0 unspecified atom stereocenters. The van der Waals surface area contributed by atoms with Crippen molar-refractivity contribution in [3.8, 4) is 5.75 Å². The van der Waals surface area contributed by atoms with Crippen LogP contribution in [0.4, 0.5) is 5.13 Å². The van der Waals surface area contributed by atoms with Gasteiger partial charge in [-0.1, -0.05) is 35.6 Å². The number of anilines is 1. The van der Waals surface area contributed by atoms with Gasteiger partial charge in [-0.2, -0.15) is 5.10 Å². The van der Waals surface area contributed by atoms with E-state index in [9.17, 15) is 4.79 Å². The smallest absolute Gasteiger partial charge is 0.229 e. The van der Waals surface area contributed by atoms with Crippen LogP contribution in [0.3, 0.4) is 0 Å². The summed E-state index contributed by atoms with van der Waals surface area (Å²) in [6.45, 7) is 7.68. The molecule has 0 spiro atoms. The van der Waals surface area contributed by atoms with Crippen LogP contribution >= 0.6 is 23.1 Å². The molecule has 2 aromatic heterocycles. The first-order valence-corrected chi connectivity index (χ1v) is 12.9. The third kappa shape index (κ3) is 5.75. The van der Waals surface area contributed by atoms with Crippen LogP contribution < -0.4 is 9.64 Å². The maximum absolute atomic E-state index is 13.4. The summed E-state index contributed by atoms with van der Waals surface area (Å²) in [6, 6.07) is 18.1. The first-order chi connectivity index (χ1) is 16.0. The number of aryl methyl sites for hydroxylation is 2. The number of fused-ring (bicyclic) bond motifs is 1. The summed E-state index contributed by atoms with van der Waals surface area (Å²) in [5.41, 5.74) is 2.87. The largest absolute Gasteiger partial charge is 0.492 e. The number of hydrogen-bond donors (Lipinski definition) is 0. The number of carbonyl (C=O) groups is 1. The van der Waals surface area contributed by atoms with Crippen LogP contribution in [0.15, 0.2) is 59.5 Å². The zero-order valence-corrected chi connectivity index (χ0v) is 20.8. The molecule has 33 heavy (non-hydrogen) atoms. The van der Waals surface area contributed by atoms with Crippen molar-refractivity contribution >= 4 is 44.4 Å². The van der Waals surface area contributed by atoms with E-state index in [2.05, 4.69) is 23.3 Å². The van der Waals surface area contributed by atoms with E-state index in [1.807, 2.05) is 66.8 Å². The average molecular weight is 481 g/mol. The SMILES string of the molecule is CCOc1cccc2sc(N(CCn3nc(C)cc3C)C(=O)CCSc3ccccc3)nc12. The van der Waals surface area contributed by atoms with E-state index in [-0.39, 0.29) is 5.91 Å². The molecule has 0 aliphatic rings. The van der Waals surface area contributed by atoms with Crippen LogP contribution in [0, 0.1) is 13.8 Å². The topological polar surface area (TPSA) is 60.2 Å². The van der Waals surface area contributed by atoms with Gasteiger partial charge >= 0.3 is 0 Å². The lowest BCUT2D eigenvalue weighted by atomic mass is 10.3. The Hall–Kier alpha value is -2.84. The molecule has 0 saturated heterocycles. The average Bonchev–Trinajstić information content (AvgIpc) is 3.38. The Morgan fingerprint density at radius 1 is 1.15 bits per heavy atom. The number of benzene rings is 2. The van der Waals surface area contributed by atoms with Crippen molar-refractivity contribution in [1.29, 1.82) is 0 Å². The fraction of sp³-hybridized carbons (Fsp3) is 0.320. The van der Waals surface area contributed by atoms with Gasteiger partial charge in [0.2, 0.25) is 5.91 Å². The lowest BCUT2D eigenvalue weighted by Crippen LogP contribution is -2.34. The van der Waals surface area contributed by atoms with Crippen molar-refractivity contribution in [2.75, 3.05) is 23.8 Å². The minimum atomic E-state index is 0.0666. The van der Waals surface area contributed by atoms with E-state index in [0.717, 1.165) is 27.4 Å². The third-order valence-electron chi connectivity index (χ3n) is 5.17. The number of ether oxygens (including phenoxy) is 1. The van der Waals surface area contributed by atoms with Crippen molar-refractivity contribution in [2.24, 2.45) is 0 Å². The number of hydrogen-bond acceptors (Lipinski definition) is 6. The van der Waals surface area contributed by atoms with Crippen LogP contribution in [-0.2, 0) is 11.3 Å². The fourth-order valence-corrected chi connectivity index (χ4v) is 5.52. The van der Waals surface area contributed by atoms with Crippen LogP contribution in [0.2, 0.25) is 0 Å². The number of rotatable bonds is 10. The Kier molecular flexibility index (Phi) is 7.67. The molecular formula is C25H28N4O2S2. The van der Waals surface area contributed by atoms with Crippen molar-refractivity contribution in [1.82, 2.24) is 14.8 Å². The highest BCUT2D eigenvalue weighted by atomic mass is 32.2. The van der Waals surface area contributed by atoms with E-state index in [1.165, 1.54) is 16.2 Å². The number of thioether (sulfide) groups is 1. The molecular weight excluding hydrogens is 452 g/mol. The van der Waals surface area contributed by atoms with Crippen molar-refractivity contribution in [3.63, 3.8) is 0 Å². The maximum atomic E-state index is 13.4. The van der Waals surface area contributed by atoms with Gasteiger partial charge in [-0.15, -0.1) is 11.8 Å². The maximum Gasteiger partial charge on any atom is 0.229 e. The van der Waals surface area contributed by atoms with Crippen molar-refractivity contribution in [3.05, 3.63) is 66.0 Å². The van der Waals surface area contributed by atoms with Gasteiger partial charge in [-0.05, 0) is 51.1 Å². The summed E-state index contributed by atoms with van der Waals surface area (Å²) < 4.78 is 8.72. The standard InChI is InChI=1S/C25H28N4O2S2/c1-4-31-21-11-8-12-22-24(21)26-25(33-22)28(14-15-29-19(3)17-18(2)27-29)23(30)13-16-32-20-9-6-5-7-10-20/h5-12,17H,4,13-16H2,1-3H3. The summed E-state index contributed by atoms with van der Waals surface area (Å²) >= 11 is 3.22. The van der Waals surface area contributed by atoms with Gasteiger partial charge in [0, 0.05) is 29.3 Å². The van der Waals surface area contributed by atoms with Gasteiger partial charge in [0.25, 0.3) is 0 Å². The summed E-state index contributed by atoms with van der Waals surface area (Å²) in [7, 11) is 0. The van der Waals surface area contributed by atoms with Crippen LogP contribution in [0.1, 0.15) is 24.7 Å². The van der Waals surface area contributed by atoms with Crippen molar-refractivity contribution < 1.29 is 9.53 Å². The zero-order chi connectivity index (χ0) is 23.2. The highest BCUT2D eigenvalue weighted by molar-refractivity contribution is 7.99. The lowest BCUT2D eigenvalue weighted by Gasteiger charge is -2.20. The monoisotopic (exact) mass is 480 g/mol. The molecule has 4 rings (SSSR count). The van der Waals surface area contributed by atoms with Gasteiger partial charge in [0.05, 0.1) is 23.5 Å². The highest BCUT2D eigenvalue weighted by Crippen LogP contribution is 2.34. The minimum Gasteiger partial charge on any atom is -0.492 e. The summed E-state index contributed by atoms with van der Waals surface area (Å²) in [4.78, 5) is 21.1. The number of nitrogens with zero attached hydrogens (tertiary/aromatic N) is 4. The van der Waals surface area contributed by atoms with Gasteiger partial charge in [0.15, 0.2) is 5.13 Å². The summed E-state index contributed by atoms with van der Waals surface area (Å²) in [5.74, 6) is 1.54. The molecule has 2 aromatic carbocycles. The number of aromatic nitrogens is 3. The molecule has 0 atom stereocenters. The molecule has 0 aliphatic heterocycles. The van der Waals surface area contributed by atoms with Crippen LogP contribution in [0.25, 0.3) is 10.2 Å². The van der Waals surface area contributed by atoms with E-state index < -0.39 is 0 Å². The Morgan fingerprint density at radius 2 is 1.97 bits per heavy atom. The molecule has 0 saturated carbocycles. The van der Waals surface area contributed by atoms with Gasteiger partial charge < -0.3 is 4.74 Å². The van der Waals surface area contributed by atoms with E-state index in [0.29, 0.717) is 37.0 Å². The summed E-state index contributed by atoms with van der Waals surface area (Å²) in [6.07, 6.45) is 0.435. The molecule has 8 heteroatoms. The Labute approximate surface area is 202 Å². The van der Waals surface area contributed by atoms with E-state index in [1.54, 1.807) is 11.8 Å². The predicted octanol–water partition coefficient (Wildman–Crippen LogP) is 5.72. The quantitative estimate of drug-likeness (QED) is 0.272. The summed E-state index contributed by atoms with van der Waals surface area (Å²) in [5, 5.41) is 5.26. The molecule has 6 nitrogen and oxygen atoms in total. The first kappa shape index (κ1) is 23.3. The third-order valence-corrected chi connectivity index (χ3v) is 7.23. The second kappa shape index (κ2) is 10.9. The molecule has 0 bridgehead atoms. The molecule has 0 N–H and O–H groups in total. The second-order valence-corrected chi connectivity index (χ2v) is 9.82. The molecule has 0 radical (unpaired) electrons. The molecule has 1 amide bonds. The number of thiazole rings is 1. The number of carbonyl (C=O) groups excluding carboxylic acids is 1. The molecule has 0 fully saturated rings. The first-order valence-electron chi connectivity index (χ1n) is 11.1. The van der Waals surface area contributed by atoms with Crippen LogP contribution in [0.5, 0.6) is 5.75 Å². The molecule has 4 aromatic rings. The van der Waals surface area contributed by atoms with Crippen molar-refractivity contribution in [2.45, 2.75) is 38.6 Å². The fourth-order valence-electron chi connectivity index (χ4n) is 3.63. The lowest BCUT2D eigenvalue weighted by molar-refractivity contribution is -0.118. The van der Waals surface area contributed by atoms with Crippen LogP contribution in [-0.4, -0.2) is 39.6 Å². The second-order valence-electron chi connectivity index (χ2n) is 7.64. The zero-order valence-electron chi connectivity index (χ0n) is 19.2. The van der Waals surface area contributed by atoms with Gasteiger partial charge in [-0.3, -0.25) is 14.4 Å². The van der Waals surface area contributed by atoms with E-state index in [4.69, 9.17) is 9.72 Å².